The fraction of sp³-hybridized carbons (Fsp3) is 0.444. The molecule has 1 saturated heterocycles. The highest BCUT2D eigenvalue weighted by molar-refractivity contribution is 8.00. The third-order valence-corrected chi connectivity index (χ3v) is 3.45. The van der Waals surface area contributed by atoms with Crippen LogP contribution in [0.1, 0.15) is 12.8 Å². The Morgan fingerprint density at radius 2 is 2.67 bits per heavy atom. The third-order valence-electron chi connectivity index (χ3n) is 2.14. The van der Waals surface area contributed by atoms with Crippen molar-refractivity contribution in [2.45, 2.75) is 18.2 Å². The van der Waals surface area contributed by atoms with Gasteiger partial charge in [0.2, 0.25) is 5.91 Å². The third kappa shape index (κ3) is 1.18. The highest BCUT2D eigenvalue weighted by Crippen LogP contribution is 2.36. The molecule has 2 aliphatic rings. The minimum absolute atomic E-state index is 0.258. The van der Waals surface area contributed by atoms with Gasteiger partial charge in [0.25, 0.3) is 0 Å². The van der Waals surface area contributed by atoms with E-state index in [9.17, 15) is 4.79 Å². The summed E-state index contributed by atoms with van der Waals surface area (Å²) in [7, 11) is 0. The SMILES string of the molecule is C=CCC1=CN2C(=O)C[C@@H]2SC1. The van der Waals surface area contributed by atoms with Crippen LogP contribution in [-0.2, 0) is 4.79 Å². The van der Waals surface area contributed by atoms with Gasteiger partial charge < -0.3 is 4.90 Å². The summed E-state index contributed by atoms with van der Waals surface area (Å²) >= 11 is 1.85. The summed E-state index contributed by atoms with van der Waals surface area (Å²) in [5.41, 5.74) is 1.30. The highest BCUT2D eigenvalue weighted by atomic mass is 32.2. The maximum atomic E-state index is 11.1. The van der Waals surface area contributed by atoms with Crippen LogP contribution < -0.4 is 0 Å². The summed E-state index contributed by atoms with van der Waals surface area (Å²) in [6, 6.07) is 0. The normalized spacial score (nSPS) is 27.3. The second kappa shape index (κ2) is 2.98. The van der Waals surface area contributed by atoms with E-state index < -0.39 is 0 Å². The maximum Gasteiger partial charge on any atom is 0.230 e. The van der Waals surface area contributed by atoms with Crippen molar-refractivity contribution in [3.8, 4) is 0 Å². The predicted octanol–water partition coefficient (Wildman–Crippen LogP) is 1.75. The van der Waals surface area contributed by atoms with Crippen molar-refractivity contribution < 1.29 is 4.79 Å². The Labute approximate surface area is 76.3 Å². The first-order valence-electron chi connectivity index (χ1n) is 4.04. The number of rotatable bonds is 2. The molecule has 0 spiro atoms. The second-order valence-electron chi connectivity index (χ2n) is 3.05. The quantitative estimate of drug-likeness (QED) is 0.478. The van der Waals surface area contributed by atoms with Crippen LogP contribution in [0.5, 0.6) is 0 Å². The molecule has 1 fully saturated rings. The molecule has 0 aromatic carbocycles. The molecule has 0 N–H and O–H groups in total. The van der Waals surface area contributed by atoms with Crippen LogP contribution in [0.25, 0.3) is 0 Å². The van der Waals surface area contributed by atoms with Gasteiger partial charge in [-0.2, -0.15) is 0 Å². The lowest BCUT2D eigenvalue weighted by Gasteiger charge is -2.41. The topological polar surface area (TPSA) is 20.3 Å². The Morgan fingerprint density at radius 1 is 1.83 bits per heavy atom. The van der Waals surface area contributed by atoms with E-state index in [1.807, 2.05) is 28.9 Å². The molecule has 64 valence electrons. The number of fused-ring (bicyclic) bond motifs is 1. The summed E-state index contributed by atoms with van der Waals surface area (Å²) in [4.78, 5) is 12.9. The molecule has 0 saturated carbocycles. The van der Waals surface area contributed by atoms with Crippen LogP contribution in [-0.4, -0.2) is 21.9 Å². The molecule has 1 amide bonds. The van der Waals surface area contributed by atoms with E-state index in [2.05, 4.69) is 6.58 Å². The number of carbonyl (C=O) groups is 1. The Bertz CT molecular complexity index is 259. The molecule has 2 heterocycles. The van der Waals surface area contributed by atoms with Crippen LogP contribution in [0.3, 0.4) is 0 Å². The molecule has 0 unspecified atom stereocenters. The molecule has 2 nitrogen and oxygen atoms in total. The summed E-state index contributed by atoms with van der Waals surface area (Å²) in [6.07, 6.45) is 5.51. The molecule has 1 atom stereocenters. The van der Waals surface area contributed by atoms with Crippen molar-refractivity contribution in [3.05, 3.63) is 24.4 Å². The largest absolute Gasteiger partial charge is 0.306 e. The zero-order chi connectivity index (χ0) is 8.55. The molecular weight excluding hydrogens is 170 g/mol. The van der Waals surface area contributed by atoms with E-state index in [1.165, 1.54) is 5.57 Å². The first-order valence-corrected chi connectivity index (χ1v) is 5.09. The monoisotopic (exact) mass is 181 g/mol. The lowest BCUT2D eigenvalue weighted by Crippen LogP contribution is -2.49. The number of allylic oxidation sites excluding steroid dienone is 1. The Hall–Kier alpha value is -0.700. The van der Waals surface area contributed by atoms with Gasteiger partial charge in [0.15, 0.2) is 0 Å². The maximum absolute atomic E-state index is 11.1. The summed E-state index contributed by atoms with van der Waals surface area (Å²) in [5.74, 6) is 1.31. The number of β-lactam (4-membered cyclic amide) rings is 1. The van der Waals surface area contributed by atoms with E-state index in [0.717, 1.165) is 18.6 Å². The first kappa shape index (κ1) is 7.92. The summed E-state index contributed by atoms with van der Waals surface area (Å²) in [5, 5.41) is 0.436. The highest BCUT2D eigenvalue weighted by Gasteiger charge is 2.37. The van der Waals surface area contributed by atoms with Gasteiger partial charge in [0, 0.05) is 12.0 Å². The van der Waals surface area contributed by atoms with E-state index >= 15 is 0 Å². The van der Waals surface area contributed by atoms with Crippen molar-refractivity contribution in [1.29, 1.82) is 0 Å². The summed E-state index contributed by atoms with van der Waals surface area (Å²) < 4.78 is 0. The predicted molar refractivity (Wildman–Crippen MR) is 50.6 cm³/mol. The second-order valence-corrected chi connectivity index (χ2v) is 4.22. The van der Waals surface area contributed by atoms with Crippen molar-refractivity contribution in [1.82, 2.24) is 4.90 Å². The van der Waals surface area contributed by atoms with Crippen LogP contribution in [0.15, 0.2) is 24.4 Å². The number of nitrogens with zero attached hydrogens (tertiary/aromatic N) is 1. The smallest absolute Gasteiger partial charge is 0.230 e. The van der Waals surface area contributed by atoms with Crippen molar-refractivity contribution in [3.63, 3.8) is 0 Å². The van der Waals surface area contributed by atoms with Gasteiger partial charge in [-0.3, -0.25) is 4.79 Å². The Balaban J connectivity index is 2.08. The zero-order valence-corrected chi connectivity index (χ0v) is 7.64. The number of carbonyl (C=O) groups excluding carboxylic acids is 1. The van der Waals surface area contributed by atoms with Gasteiger partial charge in [-0.15, -0.1) is 18.3 Å². The van der Waals surface area contributed by atoms with Crippen molar-refractivity contribution >= 4 is 17.7 Å². The van der Waals surface area contributed by atoms with Gasteiger partial charge in [-0.05, 0) is 12.0 Å². The fourth-order valence-corrected chi connectivity index (χ4v) is 2.63. The average molecular weight is 181 g/mol. The number of thioether (sulfide) groups is 1. The van der Waals surface area contributed by atoms with Gasteiger partial charge >= 0.3 is 0 Å². The minimum atomic E-state index is 0.258. The molecule has 0 radical (unpaired) electrons. The standard InChI is InChI=1S/C9H11NOS/c1-2-3-7-5-10-8(11)4-9(10)12-6-7/h2,5,9H,1,3-4,6H2/t9-/m0/s1. The lowest BCUT2D eigenvalue weighted by atomic mass is 10.1. The molecule has 2 aliphatic heterocycles. The van der Waals surface area contributed by atoms with Gasteiger partial charge in [0.05, 0.1) is 11.8 Å². The average Bonchev–Trinajstić information content (AvgIpc) is 2.07. The van der Waals surface area contributed by atoms with Crippen molar-refractivity contribution in [2.75, 3.05) is 5.75 Å². The lowest BCUT2D eigenvalue weighted by molar-refractivity contribution is -0.137. The first-order chi connectivity index (χ1) is 5.81. The van der Waals surface area contributed by atoms with E-state index in [1.54, 1.807) is 0 Å². The molecule has 0 bridgehead atoms. The Morgan fingerprint density at radius 3 is 3.33 bits per heavy atom. The Kier molecular flexibility index (Phi) is 1.97. The van der Waals surface area contributed by atoms with Gasteiger partial charge in [-0.1, -0.05) is 6.08 Å². The van der Waals surface area contributed by atoms with Crippen LogP contribution in [0.2, 0.25) is 0 Å². The van der Waals surface area contributed by atoms with E-state index in [4.69, 9.17) is 0 Å². The molecule has 12 heavy (non-hydrogen) atoms. The van der Waals surface area contributed by atoms with Crippen molar-refractivity contribution in [2.24, 2.45) is 0 Å². The minimum Gasteiger partial charge on any atom is -0.306 e. The molecular formula is C9H11NOS. The van der Waals surface area contributed by atoms with Gasteiger partial charge in [0.1, 0.15) is 0 Å². The molecule has 2 rings (SSSR count). The molecule has 0 aromatic rings. The zero-order valence-electron chi connectivity index (χ0n) is 6.82. The molecule has 0 aromatic heterocycles. The molecule has 0 aliphatic carbocycles. The van der Waals surface area contributed by atoms with E-state index in [-0.39, 0.29) is 5.91 Å². The van der Waals surface area contributed by atoms with Crippen LogP contribution in [0.4, 0.5) is 0 Å². The van der Waals surface area contributed by atoms with Crippen LogP contribution >= 0.6 is 11.8 Å². The fourth-order valence-electron chi connectivity index (χ4n) is 1.43. The van der Waals surface area contributed by atoms with Crippen LogP contribution in [0, 0.1) is 0 Å². The summed E-state index contributed by atoms with van der Waals surface area (Å²) in [6.45, 7) is 3.68. The molecule has 3 heteroatoms. The number of amides is 1. The van der Waals surface area contributed by atoms with E-state index in [0.29, 0.717) is 5.37 Å². The van der Waals surface area contributed by atoms with Gasteiger partial charge in [-0.25, -0.2) is 0 Å². The number of hydrogen-bond donors (Lipinski definition) is 0. The number of hydrogen-bond acceptors (Lipinski definition) is 2.